The Hall–Kier alpha value is -3.69. The second-order valence-corrected chi connectivity index (χ2v) is 8.58. The fourth-order valence-electron chi connectivity index (χ4n) is 4.05. The number of amides is 1. The van der Waals surface area contributed by atoms with Crippen molar-refractivity contribution in [1.29, 1.82) is 0 Å². The number of rotatable bonds is 5. The van der Waals surface area contributed by atoms with E-state index in [1.54, 1.807) is 24.1 Å². The van der Waals surface area contributed by atoms with Crippen molar-refractivity contribution in [3.8, 4) is 22.4 Å². The molecule has 8 nitrogen and oxygen atoms in total. The topological polar surface area (TPSA) is 116 Å². The predicted molar refractivity (Wildman–Crippen MR) is 128 cm³/mol. The van der Waals surface area contributed by atoms with E-state index in [-0.39, 0.29) is 11.9 Å². The van der Waals surface area contributed by atoms with Gasteiger partial charge in [0, 0.05) is 48.3 Å². The van der Waals surface area contributed by atoms with E-state index in [0.717, 1.165) is 27.9 Å². The Bertz CT molecular complexity index is 1220. The molecule has 9 heteroatoms. The third-order valence-corrected chi connectivity index (χ3v) is 6.54. The highest BCUT2D eigenvalue weighted by molar-refractivity contribution is 7.07. The average molecular weight is 459 g/mol. The molecule has 1 saturated heterocycles. The number of benzene rings is 1. The summed E-state index contributed by atoms with van der Waals surface area (Å²) in [5.41, 5.74) is 11.2. The number of carbonyl (C=O) groups excluding carboxylic acids is 1. The Morgan fingerprint density at radius 1 is 0.909 bits per heavy atom. The summed E-state index contributed by atoms with van der Waals surface area (Å²) in [5.74, 6) is 0.671. The monoisotopic (exact) mass is 458 g/mol. The van der Waals surface area contributed by atoms with Gasteiger partial charge in [-0.05, 0) is 36.1 Å². The Morgan fingerprint density at radius 3 is 2.24 bits per heavy atom. The van der Waals surface area contributed by atoms with Crippen LogP contribution in [0.3, 0.4) is 0 Å². The van der Waals surface area contributed by atoms with Crippen molar-refractivity contribution in [2.24, 2.45) is 0 Å². The molecule has 4 heterocycles. The van der Waals surface area contributed by atoms with E-state index in [4.69, 9.17) is 10.5 Å². The van der Waals surface area contributed by atoms with E-state index in [1.165, 1.54) is 11.3 Å². The first-order chi connectivity index (χ1) is 16.1. The van der Waals surface area contributed by atoms with Crippen molar-refractivity contribution in [1.82, 2.24) is 19.9 Å². The van der Waals surface area contributed by atoms with Crippen LogP contribution in [0.1, 0.15) is 18.4 Å². The summed E-state index contributed by atoms with van der Waals surface area (Å²) in [7, 11) is 0. The SMILES string of the molecule is Nc1ncc(-c2ccc(C3(C(=O)Nc4ccc(-c5cscn5)cn4)CCOCC3)cc2)cn1. The Kier molecular flexibility index (Phi) is 5.80. The summed E-state index contributed by atoms with van der Waals surface area (Å²) in [6.45, 7) is 1.05. The number of anilines is 2. The average Bonchev–Trinajstić information content (AvgIpc) is 3.41. The summed E-state index contributed by atoms with van der Waals surface area (Å²) in [6, 6.07) is 11.7. The zero-order valence-corrected chi connectivity index (χ0v) is 18.6. The third-order valence-electron chi connectivity index (χ3n) is 5.96. The second-order valence-electron chi connectivity index (χ2n) is 7.86. The van der Waals surface area contributed by atoms with Gasteiger partial charge in [0.05, 0.1) is 16.6 Å². The van der Waals surface area contributed by atoms with E-state index in [2.05, 4.69) is 25.3 Å². The summed E-state index contributed by atoms with van der Waals surface area (Å²) < 4.78 is 5.58. The molecule has 0 bridgehead atoms. The zero-order valence-electron chi connectivity index (χ0n) is 17.8. The highest BCUT2D eigenvalue weighted by Crippen LogP contribution is 2.37. The van der Waals surface area contributed by atoms with Crippen molar-refractivity contribution in [2.45, 2.75) is 18.3 Å². The van der Waals surface area contributed by atoms with Crippen molar-refractivity contribution < 1.29 is 9.53 Å². The highest BCUT2D eigenvalue weighted by atomic mass is 32.1. The first-order valence-corrected chi connectivity index (χ1v) is 11.5. The van der Waals surface area contributed by atoms with Crippen molar-refractivity contribution in [3.05, 3.63) is 71.4 Å². The van der Waals surface area contributed by atoms with Crippen molar-refractivity contribution in [2.75, 3.05) is 24.3 Å². The Morgan fingerprint density at radius 2 is 1.61 bits per heavy atom. The van der Waals surface area contributed by atoms with Gasteiger partial charge >= 0.3 is 0 Å². The minimum absolute atomic E-state index is 0.0803. The number of nitrogen functional groups attached to an aromatic ring is 1. The van der Waals surface area contributed by atoms with Crippen LogP contribution in [0.15, 0.2) is 65.9 Å². The third kappa shape index (κ3) is 4.33. The molecule has 1 amide bonds. The van der Waals surface area contributed by atoms with Gasteiger partial charge in [0.15, 0.2) is 0 Å². The van der Waals surface area contributed by atoms with Crippen molar-refractivity contribution in [3.63, 3.8) is 0 Å². The Balaban J connectivity index is 1.39. The molecule has 1 aliphatic heterocycles. The molecule has 1 fully saturated rings. The molecular weight excluding hydrogens is 436 g/mol. The number of nitrogens with two attached hydrogens (primary N) is 1. The van der Waals surface area contributed by atoms with Crippen LogP contribution in [0.2, 0.25) is 0 Å². The quantitative estimate of drug-likeness (QED) is 0.465. The van der Waals surface area contributed by atoms with Gasteiger partial charge in [-0.2, -0.15) is 0 Å². The number of nitrogens with one attached hydrogen (secondary N) is 1. The van der Waals surface area contributed by atoms with Gasteiger partial charge in [0.1, 0.15) is 5.82 Å². The highest BCUT2D eigenvalue weighted by Gasteiger charge is 2.41. The largest absolute Gasteiger partial charge is 0.381 e. The second kappa shape index (κ2) is 9.05. The fraction of sp³-hybridized carbons (Fsp3) is 0.208. The summed E-state index contributed by atoms with van der Waals surface area (Å²) >= 11 is 1.53. The molecule has 4 aromatic rings. The van der Waals surface area contributed by atoms with Crippen LogP contribution < -0.4 is 11.1 Å². The number of thiazole rings is 1. The molecule has 1 aliphatic rings. The molecule has 5 rings (SSSR count). The lowest BCUT2D eigenvalue weighted by atomic mass is 9.73. The summed E-state index contributed by atoms with van der Waals surface area (Å²) in [5, 5.41) is 4.98. The molecule has 1 aromatic carbocycles. The fourth-order valence-corrected chi connectivity index (χ4v) is 4.61. The van der Waals surface area contributed by atoms with Crippen LogP contribution in [-0.4, -0.2) is 39.1 Å². The number of hydrogen-bond acceptors (Lipinski definition) is 8. The molecule has 33 heavy (non-hydrogen) atoms. The van der Waals surface area contributed by atoms with E-state index in [1.807, 2.05) is 41.8 Å². The number of pyridine rings is 1. The summed E-state index contributed by atoms with van der Waals surface area (Å²) in [6.07, 6.45) is 6.30. The number of carbonyl (C=O) groups is 1. The first-order valence-electron chi connectivity index (χ1n) is 10.6. The maximum atomic E-state index is 13.5. The zero-order chi connectivity index (χ0) is 22.7. The maximum Gasteiger partial charge on any atom is 0.236 e. The molecule has 0 radical (unpaired) electrons. The normalized spacial score (nSPS) is 15.2. The van der Waals surface area contributed by atoms with Crippen LogP contribution in [0.5, 0.6) is 0 Å². The number of aromatic nitrogens is 4. The lowest BCUT2D eigenvalue weighted by molar-refractivity contribution is -0.125. The van der Waals surface area contributed by atoms with Gasteiger partial charge in [-0.1, -0.05) is 24.3 Å². The molecular formula is C24H22N6O2S. The standard InChI is InChI=1S/C24H22N6O2S/c25-23-27-12-18(13-28-23)16-1-4-19(5-2-16)24(7-9-32-10-8-24)22(31)30-21-6-3-17(11-26-21)20-14-33-15-29-20/h1-6,11-15H,7-10H2,(H2,25,27,28)(H,26,30,31). The molecule has 0 saturated carbocycles. The molecule has 0 atom stereocenters. The van der Waals surface area contributed by atoms with Gasteiger partial charge in [-0.25, -0.2) is 19.9 Å². The number of ether oxygens (including phenoxy) is 1. The molecule has 166 valence electrons. The van der Waals surface area contributed by atoms with Crippen LogP contribution >= 0.6 is 11.3 Å². The van der Waals surface area contributed by atoms with Gasteiger partial charge < -0.3 is 15.8 Å². The van der Waals surface area contributed by atoms with Crippen LogP contribution in [0, 0.1) is 0 Å². The van der Waals surface area contributed by atoms with Gasteiger partial charge in [0.25, 0.3) is 0 Å². The van der Waals surface area contributed by atoms with Gasteiger partial charge in [-0.15, -0.1) is 11.3 Å². The van der Waals surface area contributed by atoms with E-state index < -0.39 is 5.41 Å². The molecule has 3 aromatic heterocycles. The molecule has 0 spiro atoms. The molecule has 0 aliphatic carbocycles. The van der Waals surface area contributed by atoms with Crippen LogP contribution in [-0.2, 0) is 14.9 Å². The maximum absolute atomic E-state index is 13.5. The molecule has 0 unspecified atom stereocenters. The molecule has 3 N–H and O–H groups in total. The van der Waals surface area contributed by atoms with E-state index in [0.29, 0.717) is 31.9 Å². The number of hydrogen-bond donors (Lipinski definition) is 2. The van der Waals surface area contributed by atoms with Crippen molar-refractivity contribution >= 4 is 29.0 Å². The van der Waals surface area contributed by atoms with Gasteiger partial charge in [0.2, 0.25) is 11.9 Å². The minimum atomic E-state index is -0.691. The predicted octanol–water partition coefficient (Wildman–Crippen LogP) is 3.93. The lowest BCUT2D eigenvalue weighted by Crippen LogP contribution is -2.45. The minimum Gasteiger partial charge on any atom is -0.381 e. The van der Waals surface area contributed by atoms with Crippen LogP contribution in [0.25, 0.3) is 22.4 Å². The summed E-state index contributed by atoms with van der Waals surface area (Å²) in [4.78, 5) is 30.4. The number of nitrogens with zero attached hydrogens (tertiary/aromatic N) is 4. The lowest BCUT2D eigenvalue weighted by Gasteiger charge is -2.36. The Labute approximate surface area is 194 Å². The van der Waals surface area contributed by atoms with Crippen LogP contribution in [0.4, 0.5) is 11.8 Å². The van der Waals surface area contributed by atoms with E-state index in [9.17, 15) is 4.79 Å². The first kappa shape index (κ1) is 21.2. The van der Waals surface area contributed by atoms with Gasteiger partial charge in [-0.3, -0.25) is 4.79 Å². The smallest absolute Gasteiger partial charge is 0.236 e. The van der Waals surface area contributed by atoms with E-state index >= 15 is 0 Å².